The molecular formula is C6H11NO4S. The minimum absolute atomic E-state index is 0.0429. The smallest absolute Gasteiger partial charge is 0.266 e. The predicted octanol–water partition coefficient (Wildman–Crippen LogP) is -0.458. The van der Waals surface area contributed by atoms with Gasteiger partial charge in [-0.25, -0.2) is 4.18 Å². The van der Waals surface area contributed by atoms with Crippen LogP contribution in [0.4, 0.5) is 0 Å². The van der Waals surface area contributed by atoms with Crippen molar-refractivity contribution in [1.29, 1.82) is 0 Å². The second-order valence-corrected chi connectivity index (χ2v) is 4.36. The van der Waals surface area contributed by atoms with Gasteiger partial charge in [-0.1, -0.05) is 0 Å². The van der Waals surface area contributed by atoms with E-state index in [9.17, 15) is 13.2 Å². The van der Waals surface area contributed by atoms with Gasteiger partial charge < -0.3 is 4.90 Å². The third-order valence-electron chi connectivity index (χ3n) is 1.59. The lowest BCUT2D eigenvalue weighted by Gasteiger charge is -2.13. The van der Waals surface area contributed by atoms with E-state index in [2.05, 4.69) is 4.18 Å². The minimum atomic E-state index is -3.43. The highest BCUT2D eigenvalue weighted by atomic mass is 32.2. The van der Waals surface area contributed by atoms with Crippen LogP contribution in [-0.4, -0.2) is 38.8 Å². The van der Waals surface area contributed by atoms with E-state index in [1.165, 1.54) is 4.90 Å². The first-order chi connectivity index (χ1) is 5.49. The van der Waals surface area contributed by atoms with Crippen molar-refractivity contribution in [2.24, 2.45) is 0 Å². The van der Waals surface area contributed by atoms with Crippen LogP contribution in [0.3, 0.4) is 0 Å². The number of carbonyl (C=O) groups is 1. The van der Waals surface area contributed by atoms with Crippen LogP contribution in [-0.2, 0) is 19.1 Å². The number of carbonyl (C=O) groups excluding carboxylic acids is 1. The Morgan fingerprint density at radius 3 is 2.67 bits per heavy atom. The summed E-state index contributed by atoms with van der Waals surface area (Å²) in [5.74, 6) is -0.0429. The molecule has 0 aliphatic carbocycles. The lowest BCUT2D eigenvalue weighted by Crippen LogP contribution is -2.28. The fourth-order valence-corrected chi connectivity index (χ4v) is 1.32. The Bertz CT molecular complexity index is 271. The number of amides is 1. The summed E-state index contributed by atoms with van der Waals surface area (Å²) in [6.45, 7) is 0.450. The van der Waals surface area contributed by atoms with Crippen LogP contribution >= 0.6 is 0 Å². The molecule has 1 fully saturated rings. The maximum absolute atomic E-state index is 10.9. The van der Waals surface area contributed by atoms with Crippen LogP contribution in [0, 0.1) is 0 Å². The summed E-state index contributed by atoms with van der Waals surface area (Å²) in [5.41, 5.74) is 0. The van der Waals surface area contributed by atoms with Crippen molar-refractivity contribution in [3.63, 3.8) is 0 Å². The highest BCUT2D eigenvalue weighted by molar-refractivity contribution is 7.85. The minimum Gasteiger partial charge on any atom is -0.318 e. The largest absolute Gasteiger partial charge is 0.318 e. The van der Waals surface area contributed by atoms with E-state index < -0.39 is 10.1 Å². The lowest BCUT2D eigenvalue weighted by molar-refractivity contribution is -0.130. The second-order valence-electron chi connectivity index (χ2n) is 2.71. The Balaban J connectivity index is 2.37. The van der Waals surface area contributed by atoms with Gasteiger partial charge in [-0.15, -0.1) is 0 Å². The second kappa shape index (κ2) is 3.40. The maximum Gasteiger partial charge on any atom is 0.266 e. The van der Waals surface area contributed by atoms with Crippen molar-refractivity contribution in [2.75, 3.05) is 19.5 Å². The van der Waals surface area contributed by atoms with E-state index >= 15 is 0 Å². The lowest BCUT2D eigenvalue weighted by atomic mass is 10.4. The summed E-state index contributed by atoms with van der Waals surface area (Å²) in [4.78, 5) is 12.3. The first-order valence-corrected chi connectivity index (χ1v) is 5.43. The monoisotopic (exact) mass is 193 g/mol. The Labute approximate surface area is 71.4 Å². The van der Waals surface area contributed by atoms with Gasteiger partial charge in [-0.3, -0.25) is 4.79 Å². The molecule has 0 spiro atoms. The molecule has 0 aromatic heterocycles. The van der Waals surface area contributed by atoms with Gasteiger partial charge in [-0.05, 0) is 6.42 Å². The van der Waals surface area contributed by atoms with Gasteiger partial charge in [0.05, 0.1) is 6.26 Å². The average Bonchev–Trinajstić information content (AvgIpc) is 2.29. The van der Waals surface area contributed by atoms with E-state index in [0.717, 1.165) is 12.7 Å². The molecule has 12 heavy (non-hydrogen) atoms. The Morgan fingerprint density at radius 1 is 1.58 bits per heavy atom. The van der Waals surface area contributed by atoms with Crippen molar-refractivity contribution < 1.29 is 17.4 Å². The molecule has 6 heteroatoms. The normalized spacial score (nSPS) is 18.8. The molecule has 0 aromatic carbocycles. The molecule has 0 saturated carbocycles. The first-order valence-electron chi connectivity index (χ1n) is 3.61. The molecule has 1 rings (SSSR count). The topological polar surface area (TPSA) is 63.7 Å². The molecule has 0 bridgehead atoms. The van der Waals surface area contributed by atoms with Crippen LogP contribution in [0.5, 0.6) is 0 Å². The van der Waals surface area contributed by atoms with Crippen molar-refractivity contribution in [2.45, 2.75) is 12.8 Å². The molecule has 1 saturated heterocycles. The molecule has 1 heterocycles. The van der Waals surface area contributed by atoms with E-state index in [0.29, 0.717) is 13.0 Å². The number of nitrogens with zero attached hydrogens (tertiary/aromatic N) is 1. The summed E-state index contributed by atoms with van der Waals surface area (Å²) in [6.07, 6.45) is 2.24. The summed E-state index contributed by atoms with van der Waals surface area (Å²) in [6, 6.07) is 0. The molecule has 1 aliphatic heterocycles. The molecular weight excluding hydrogens is 182 g/mol. The van der Waals surface area contributed by atoms with Gasteiger partial charge >= 0.3 is 0 Å². The summed E-state index contributed by atoms with van der Waals surface area (Å²) in [7, 11) is -3.43. The third kappa shape index (κ3) is 2.78. The zero-order valence-corrected chi connectivity index (χ0v) is 7.63. The van der Waals surface area contributed by atoms with Gasteiger partial charge in [-0.2, -0.15) is 8.42 Å². The van der Waals surface area contributed by atoms with Crippen LogP contribution in [0.15, 0.2) is 0 Å². The summed E-state index contributed by atoms with van der Waals surface area (Å²) < 4.78 is 25.5. The maximum atomic E-state index is 10.9. The van der Waals surface area contributed by atoms with Crippen LogP contribution in [0.1, 0.15) is 12.8 Å². The van der Waals surface area contributed by atoms with Crippen LogP contribution in [0.2, 0.25) is 0 Å². The zero-order chi connectivity index (χ0) is 9.19. The average molecular weight is 193 g/mol. The summed E-state index contributed by atoms with van der Waals surface area (Å²) in [5, 5.41) is 0. The zero-order valence-electron chi connectivity index (χ0n) is 6.82. The van der Waals surface area contributed by atoms with Crippen LogP contribution in [0.25, 0.3) is 0 Å². The SMILES string of the molecule is CS(=O)(=O)OCN1CCCC1=O. The van der Waals surface area contributed by atoms with Gasteiger partial charge in [0.25, 0.3) is 10.1 Å². The van der Waals surface area contributed by atoms with E-state index in [1.807, 2.05) is 0 Å². The number of rotatable bonds is 3. The number of likely N-dealkylation sites (tertiary alicyclic amines) is 1. The molecule has 0 atom stereocenters. The predicted molar refractivity (Wildman–Crippen MR) is 41.7 cm³/mol. The fourth-order valence-electron chi connectivity index (χ4n) is 1.000. The quantitative estimate of drug-likeness (QED) is 0.569. The van der Waals surface area contributed by atoms with Gasteiger partial charge in [0.1, 0.15) is 6.73 Å². The fraction of sp³-hybridized carbons (Fsp3) is 0.833. The van der Waals surface area contributed by atoms with E-state index in [4.69, 9.17) is 0 Å². The van der Waals surface area contributed by atoms with Gasteiger partial charge in [0, 0.05) is 13.0 Å². The van der Waals surface area contributed by atoms with Crippen LogP contribution < -0.4 is 0 Å². The van der Waals surface area contributed by atoms with E-state index in [-0.39, 0.29) is 12.6 Å². The Kier molecular flexibility index (Phi) is 2.69. The summed E-state index contributed by atoms with van der Waals surface area (Å²) >= 11 is 0. The molecule has 5 nitrogen and oxygen atoms in total. The third-order valence-corrected chi connectivity index (χ3v) is 2.13. The Hall–Kier alpha value is -0.620. The van der Waals surface area contributed by atoms with Crippen molar-refractivity contribution in [3.05, 3.63) is 0 Å². The molecule has 0 N–H and O–H groups in total. The van der Waals surface area contributed by atoms with Gasteiger partial charge in [0.15, 0.2) is 0 Å². The molecule has 0 unspecified atom stereocenters. The number of hydrogen-bond donors (Lipinski definition) is 0. The number of hydrogen-bond acceptors (Lipinski definition) is 4. The van der Waals surface area contributed by atoms with E-state index in [1.54, 1.807) is 0 Å². The van der Waals surface area contributed by atoms with Gasteiger partial charge in [0.2, 0.25) is 5.91 Å². The van der Waals surface area contributed by atoms with Crippen molar-refractivity contribution >= 4 is 16.0 Å². The van der Waals surface area contributed by atoms with Crippen molar-refractivity contribution in [3.8, 4) is 0 Å². The molecule has 70 valence electrons. The highest BCUT2D eigenvalue weighted by Crippen LogP contribution is 2.09. The standard InChI is InChI=1S/C6H11NO4S/c1-12(9,10)11-5-7-4-2-3-6(7)8/h2-5H2,1H3. The molecule has 0 radical (unpaired) electrons. The Morgan fingerprint density at radius 2 is 2.25 bits per heavy atom. The molecule has 0 aromatic rings. The first kappa shape index (κ1) is 9.47. The molecule has 1 amide bonds. The highest BCUT2D eigenvalue weighted by Gasteiger charge is 2.20. The molecule has 1 aliphatic rings. The van der Waals surface area contributed by atoms with Crippen molar-refractivity contribution in [1.82, 2.24) is 4.90 Å².